The molecule has 0 aliphatic carbocycles. The van der Waals surface area contributed by atoms with Crippen molar-refractivity contribution in [3.63, 3.8) is 0 Å². The summed E-state index contributed by atoms with van der Waals surface area (Å²) in [6.45, 7) is 0.336. The van der Waals surface area contributed by atoms with Crippen LogP contribution in [0.1, 0.15) is 17.7 Å². The monoisotopic (exact) mass is 414 g/mol. The van der Waals surface area contributed by atoms with Gasteiger partial charge in [-0.15, -0.1) is 11.3 Å². The summed E-state index contributed by atoms with van der Waals surface area (Å²) in [7, 11) is -3.18. The Kier molecular flexibility index (Phi) is 6.95. The van der Waals surface area contributed by atoms with E-state index in [0.29, 0.717) is 13.0 Å². The third-order valence-electron chi connectivity index (χ3n) is 4.10. The van der Waals surface area contributed by atoms with Crippen LogP contribution in [0, 0.1) is 0 Å². The molecule has 7 heteroatoms. The fraction of sp³-hybridized carbons (Fsp3) is 0.238. The number of amides is 1. The van der Waals surface area contributed by atoms with E-state index in [2.05, 4.69) is 10.3 Å². The molecule has 3 aromatic rings. The van der Waals surface area contributed by atoms with Crippen LogP contribution in [0.25, 0.3) is 10.6 Å². The molecule has 0 bridgehead atoms. The first-order valence-corrected chi connectivity index (χ1v) is 11.7. The van der Waals surface area contributed by atoms with Crippen molar-refractivity contribution < 1.29 is 13.2 Å². The number of hydrogen-bond donors (Lipinski definition) is 1. The van der Waals surface area contributed by atoms with Gasteiger partial charge in [0.15, 0.2) is 9.84 Å². The molecule has 0 atom stereocenters. The molecule has 0 aliphatic rings. The average molecular weight is 415 g/mol. The zero-order valence-corrected chi connectivity index (χ0v) is 17.0. The quantitative estimate of drug-likeness (QED) is 0.544. The van der Waals surface area contributed by atoms with Crippen LogP contribution in [-0.4, -0.2) is 31.6 Å². The Hall–Kier alpha value is -2.51. The second-order valence-electron chi connectivity index (χ2n) is 6.47. The largest absolute Gasteiger partial charge is 0.356 e. The number of carbonyl (C=O) groups excluding carboxylic acids is 1. The Morgan fingerprint density at radius 3 is 2.39 bits per heavy atom. The summed E-state index contributed by atoms with van der Waals surface area (Å²) in [5, 5.41) is 5.54. The van der Waals surface area contributed by atoms with Gasteiger partial charge >= 0.3 is 0 Å². The zero-order chi connectivity index (χ0) is 19.8. The van der Waals surface area contributed by atoms with Crippen LogP contribution in [0.15, 0.2) is 66.0 Å². The highest BCUT2D eigenvalue weighted by Gasteiger charge is 2.13. The minimum Gasteiger partial charge on any atom is -0.356 e. The maximum absolute atomic E-state index is 12.2. The van der Waals surface area contributed by atoms with Crippen molar-refractivity contribution in [2.75, 3.05) is 12.3 Å². The van der Waals surface area contributed by atoms with Gasteiger partial charge in [0.1, 0.15) is 5.01 Å². The van der Waals surface area contributed by atoms with Crippen molar-refractivity contribution in [1.82, 2.24) is 10.3 Å². The number of rotatable bonds is 9. The second kappa shape index (κ2) is 9.61. The van der Waals surface area contributed by atoms with Gasteiger partial charge in [-0.3, -0.25) is 4.79 Å². The Balaban J connectivity index is 1.41. The summed E-state index contributed by atoms with van der Waals surface area (Å²) < 4.78 is 24.3. The Bertz CT molecular complexity index is 1000. The predicted molar refractivity (Wildman–Crippen MR) is 113 cm³/mol. The second-order valence-corrected chi connectivity index (χ2v) is 9.51. The van der Waals surface area contributed by atoms with Crippen LogP contribution < -0.4 is 5.32 Å². The van der Waals surface area contributed by atoms with Crippen LogP contribution in [0.4, 0.5) is 0 Å². The van der Waals surface area contributed by atoms with Crippen molar-refractivity contribution in [2.45, 2.75) is 18.6 Å². The third kappa shape index (κ3) is 6.28. The number of thiazole rings is 1. The van der Waals surface area contributed by atoms with Crippen molar-refractivity contribution in [1.29, 1.82) is 0 Å². The number of nitrogens with zero attached hydrogens (tertiary/aromatic N) is 1. The van der Waals surface area contributed by atoms with Gasteiger partial charge in [-0.05, 0) is 12.0 Å². The van der Waals surface area contributed by atoms with Gasteiger partial charge < -0.3 is 5.32 Å². The molecule has 1 N–H and O–H groups in total. The number of aromatic nitrogens is 1. The molecule has 146 valence electrons. The molecule has 28 heavy (non-hydrogen) atoms. The number of hydrogen-bond acceptors (Lipinski definition) is 5. The summed E-state index contributed by atoms with van der Waals surface area (Å²) in [6, 6.07) is 18.9. The van der Waals surface area contributed by atoms with Crippen LogP contribution >= 0.6 is 11.3 Å². The van der Waals surface area contributed by atoms with Crippen molar-refractivity contribution in [2.24, 2.45) is 0 Å². The first kappa shape index (κ1) is 20.2. The molecule has 0 radical (unpaired) electrons. The molecule has 0 spiro atoms. The maximum Gasteiger partial charge on any atom is 0.226 e. The van der Waals surface area contributed by atoms with Gasteiger partial charge in [-0.1, -0.05) is 60.7 Å². The highest BCUT2D eigenvalue weighted by Crippen LogP contribution is 2.23. The molecule has 0 saturated heterocycles. The van der Waals surface area contributed by atoms with E-state index in [1.54, 1.807) is 12.1 Å². The minimum atomic E-state index is -3.18. The molecule has 0 aliphatic heterocycles. The molecule has 0 saturated carbocycles. The number of carbonyl (C=O) groups is 1. The first-order valence-electron chi connectivity index (χ1n) is 9.03. The van der Waals surface area contributed by atoms with Gasteiger partial charge in [-0.25, -0.2) is 13.4 Å². The smallest absolute Gasteiger partial charge is 0.226 e. The zero-order valence-electron chi connectivity index (χ0n) is 15.4. The summed E-state index contributed by atoms with van der Waals surface area (Å²) in [5.41, 5.74) is 2.53. The number of benzene rings is 2. The predicted octanol–water partition coefficient (Wildman–Crippen LogP) is 3.47. The van der Waals surface area contributed by atoms with Gasteiger partial charge in [0.05, 0.1) is 23.6 Å². The van der Waals surface area contributed by atoms with Crippen LogP contribution in [0.3, 0.4) is 0 Å². The molecular formula is C21H22N2O3S2. The van der Waals surface area contributed by atoms with Gasteiger partial charge in [0.25, 0.3) is 0 Å². The summed E-state index contributed by atoms with van der Waals surface area (Å²) in [6.07, 6.45) is 0.591. The molecule has 1 amide bonds. The maximum atomic E-state index is 12.2. The Morgan fingerprint density at radius 1 is 1.00 bits per heavy atom. The fourth-order valence-electron chi connectivity index (χ4n) is 2.75. The number of nitrogens with one attached hydrogen (secondary N) is 1. The molecule has 5 nitrogen and oxygen atoms in total. The average Bonchev–Trinajstić information content (AvgIpc) is 3.15. The summed E-state index contributed by atoms with van der Waals surface area (Å²) >= 11 is 1.51. The third-order valence-corrected chi connectivity index (χ3v) is 6.72. The van der Waals surface area contributed by atoms with Gasteiger partial charge in [-0.2, -0.15) is 0 Å². The topological polar surface area (TPSA) is 76.1 Å². The molecule has 0 fully saturated rings. The molecule has 3 rings (SSSR count). The lowest BCUT2D eigenvalue weighted by molar-refractivity contribution is -0.120. The van der Waals surface area contributed by atoms with Gasteiger partial charge in [0.2, 0.25) is 5.91 Å². The van der Waals surface area contributed by atoms with Crippen LogP contribution in [0.5, 0.6) is 0 Å². The fourth-order valence-corrected chi connectivity index (χ4v) is 5.00. The lowest BCUT2D eigenvalue weighted by atomic mass is 10.2. The first-order chi connectivity index (χ1) is 13.5. The summed E-state index contributed by atoms with van der Waals surface area (Å²) in [4.78, 5) is 16.6. The highest BCUT2D eigenvalue weighted by atomic mass is 32.2. The molecule has 1 heterocycles. The molecule has 0 unspecified atom stereocenters. The lowest BCUT2D eigenvalue weighted by Gasteiger charge is -2.06. The Morgan fingerprint density at radius 2 is 1.68 bits per heavy atom. The summed E-state index contributed by atoms with van der Waals surface area (Å²) in [5.74, 6) is -0.0646. The van der Waals surface area contributed by atoms with E-state index in [9.17, 15) is 13.2 Å². The van der Waals surface area contributed by atoms with Crippen molar-refractivity contribution in [3.8, 4) is 10.6 Å². The Labute approximate surface area is 169 Å². The molecular weight excluding hydrogens is 392 g/mol. The highest BCUT2D eigenvalue weighted by molar-refractivity contribution is 7.90. The van der Waals surface area contributed by atoms with E-state index in [4.69, 9.17) is 0 Å². The SMILES string of the molecule is O=C(Cc1csc(-c2ccccc2)n1)NCCCS(=O)(=O)Cc1ccccc1. The lowest BCUT2D eigenvalue weighted by Crippen LogP contribution is -2.27. The van der Waals surface area contributed by atoms with Crippen LogP contribution in [-0.2, 0) is 26.8 Å². The van der Waals surface area contributed by atoms with E-state index < -0.39 is 9.84 Å². The van der Waals surface area contributed by atoms with Crippen molar-refractivity contribution >= 4 is 27.1 Å². The van der Waals surface area contributed by atoms with Crippen molar-refractivity contribution in [3.05, 3.63) is 77.3 Å². The van der Waals surface area contributed by atoms with E-state index in [-0.39, 0.29) is 23.8 Å². The van der Waals surface area contributed by atoms with Crippen LogP contribution in [0.2, 0.25) is 0 Å². The molecule has 1 aromatic heterocycles. The van der Waals surface area contributed by atoms with E-state index in [1.165, 1.54) is 11.3 Å². The molecule has 2 aromatic carbocycles. The van der Waals surface area contributed by atoms with E-state index in [1.807, 2.05) is 53.9 Å². The van der Waals surface area contributed by atoms with Gasteiger partial charge in [0, 0.05) is 17.5 Å². The standard InChI is InChI=1S/C21H22N2O3S2/c24-20(14-19-15-27-21(23-19)18-10-5-2-6-11-18)22-12-7-13-28(25,26)16-17-8-3-1-4-9-17/h1-6,8-11,15H,7,12-14,16H2,(H,22,24). The minimum absolute atomic E-state index is 0.0306. The van der Waals surface area contributed by atoms with E-state index >= 15 is 0 Å². The van der Waals surface area contributed by atoms with E-state index in [0.717, 1.165) is 21.8 Å². The normalized spacial score (nSPS) is 11.3. The number of sulfone groups is 1.